The number of fused-ring (bicyclic) bond motifs is 1. The molecule has 12 heavy (non-hydrogen) atoms. The van der Waals surface area contributed by atoms with Crippen molar-refractivity contribution in [2.24, 2.45) is 0 Å². The Morgan fingerprint density at radius 2 is 2.17 bits per heavy atom. The minimum Gasteiger partial charge on any atom is -0.262 e. The molecule has 0 amide bonds. The van der Waals surface area contributed by atoms with Gasteiger partial charge in [-0.3, -0.25) is 4.68 Å². The van der Waals surface area contributed by atoms with E-state index in [1.807, 2.05) is 24.3 Å². The number of alkyl halides is 1. The fourth-order valence-electron chi connectivity index (χ4n) is 1.28. The Morgan fingerprint density at radius 1 is 1.33 bits per heavy atom. The molecule has 0 atom stereocenters. The van der Waals surface area contributed by atoms with Crippen LogP contribution in [0.15, 0.2) is 30.5 Å². The van der Waals surface area contributed by atoms with Gasteiger partial charge in [-0.1, -0.05) is 18.2 Å². The average Bonchev–Trinajstić information content (AvgIpc) is 2.50. The Morgan fingerprint density at radius 3 is 3.00 bits per heavy atom. The Balaban J connectivity index is 2.55. The Hall–Kier alpha value is -1.38. The van der Waals surface area contributed by atoms with Crippen LogP contribution in [-0.4, -0.2) is 16.5 Å². The lowest BCUT2D eigenvalue weighted by atomic mass is 10.3. The van der Waals surface area contributed by atoms with Gasteiger partial charge in [0.2, 0.25) is 0 Å². The first-order chi connectivity index (χ1) is 5.92. The maximum Gasteiger partial charge on any atom is 0.109 e. The van der Waals surface area contributed by atoms with E-state index in [2.05, 4.69) is 5.10 Å². The molecule has 0 aliphatic rings. The van der Waals surface area contributed by atoms with Crippen LogP contribution in [0.5, 0.6) is 0 Å². The molecule has 0 saturated heterocycles. The highest BCUT2D eigenvalue weighted by Crippen LogP contribution is 2.11. The van der Waals surface area contributed by atoms with Crippen LogP contribution >= 0.6 is 0 Å². The van der Waals surface area contributed by atoms with E-state index in [1.54, 1.807) is 10.9 Å². The fraction of sp³-hybridized carbons (Fsp3) is 0.222. The molecule has 1 aromatic carbocycles. The summed E-state index contributed by atoms with van der Waals surface area (Å²) in [7, 11) is 0. The molecule has 62 valence electrons. The topological polar surface area (TPSA) is 17.8 Å². The van der Waals surface area contributed by atoms with Gasteiger partial charge >= 0.3 is 0 Å². The van der Waals surface area contributed by atoms with Crippen LogP contribution in [0, 0.1) is 0 Å². The molecule has 0 N–H and O–H groups in total. The molecule has 0 aliphatic carbocycles. The number of rotatable bonds is 2. The van der Waals surface area contributed by atoms with Crippen molar-refractivity contribution >= 4 is 10.9 Å². The molecule has 1 heterocycles. The van der Waals surface area contributed by atoms with Gasteiger partial charge in [-0.25, -0.2) is 4.39 Å². The van der Waals surface area contributed by atoms with Gasteiger partial charge in [0.15, 0.2) is 0 Å². The lowest BCUT2D eigenvalue weighted by Gasteiger charge is -1.97. The van der Waals surface area contributed by atoms with Gasteiger partial charge in [-0.2, -0.15) is 5.10 Å². The Kier molecular flexibility index (Phi) is 1.78. The maximum atomic E-state index is 12.0. The molecule has 0 radical (unpaired) electrons. The molecular formula is C9H9FN2. The molecule has 0 aliphatic heterocycles. The number of aromatic nitrogens is 2. The largest absolute Gasteiger partial charge is 0.262 e. The summed E-state index contributed by atoms with van der Waals surface area (Å²) in [5.41, 5.74) is 0.996. The number of para-hydroxylation sites is 1. The average molecular weight is 164 g/mol. The van der Waals surface area contributed by atoms with Gasteiger partial charge in [0, 0.05) is 5.39 Å². The van der Waals surface area contributed by atoms with Crippen molar-refractivity contribution in [2.45, 2.75) is 6.54 Å². The number of benzene rings is 1. The minimum atomic E-state index is -0.369. The van der Waals surface area contributed by atoms with E-state index in [-0.39, 0.29) is 6.67 Å². The monoisotopic (exact) mass is 164 g/mol. The van der Waals surface area contributed by atoms with Crippen LogP contribution in [0.4, 0.5) is 4.39 Å². The second-order valence-electron chi connectivity index (χ2n) is 2.62. The zero-order chi connectivity index (χ0) is 8.39. The van der Waals surface area contributed by atoms with Crippen molar-refractivity contribution in [3.63, 3.8) is 0 Å². The lowest BCUT2D eigenvalue weighted by molar-refractivity contribution is 0.433. The highest BCUT2D eigenvalue weighted by Gasteiger charge is 1.99. The molecule has 0 unspecified atom stereocenters. The number of hydrogen-bond donors (Lipinski definition) is 0. The molecule has 2 rings (SSSR count). The highest BCUT2D eigenvalue weighted by molar-refractivity contribution is 5.78. The first-order valence-electron chi connectivity index (χ1n) is 3.88. The lowest BCUT2D eigenvalue weighted by Crippen LogP contribution is -2.00. The van der Waals surface area contributed by atoms with Gasteiger partial charge in [0.05, 0.1) is 18.3 Å². The van der Waals surface area contributed by atoms with E-state index < -0.39 is 0 Å². The summed E-state index contributed by atoms with van der Waals surface area (Å²) in [5, 5.41) is 5.12. The summed E-state index contributed by atoms with van der Waals surface area (Å²) < 4.78 is 13.7. The summed E-state index contributed by atoms with van der Waals surface area (Å²) in [6.45, 7) is -0.0286. The summed E-state index contributed by atoms with van der Waals surface area (Å²) in [5.74, 6) is 0. The first kappa shape index (κ1) is 7.28. The second-order valence-corrected chi connectivity index (χ2v) is 2.62. The van der Waals surface area contributed by atoms with E-state index in [9.17, 15) is 4.39 Å². The third kappa shape index (κ3) is 1.07. The summed E-state index contributed by atoms with van der Waals surface area (Å²) in [4.78, 5) is 0. The van der Waals surface area contributed by atoms with E-state index in [0.29, 0.717) is 6.54 Å². The molecule has 2 nitrogen and oxygen atoms in total. The smallest absolute Gasteiger partial charge is 0.109 e. The molecular weight excluding hydrogens is 155 g/mol. The molecule has 0 fully saturated rings. The molecule has 2 aromatic rings. The molecule has 0 saturated carbocycles. The molecule has 0 bridgehead atoms. The van der Waals surface area contributed by atoms with Crippen LogP contribution in [-0.2, 0) is 6.54 Å². The van der Waals surface area contributed by atoms with Gasteiger partial charge in [0.25, 0.3) is 0 Å². The van der Waals surface area contributed by atoms with Crippen molar-refractivity contribution in [2.75, 3.05) is 6.67 Å². The molecule has 3 heteroatoms. The number of aryl methyl sites for hydroxylation is 1. The Labute approximate surface area is 69.6 Å². The summed E-state index contributed by atoms with van der Waals surface area (Å²) in [6, 6.07) is 7.79. The summed E-state index contributed by atoms with van der Waals surface area (Å²) >= 11 is 0. The predicted molar refractivity (Wildman–Crippen MR) is 45.7 cm³/mol. The van der Waals surface area contributed by atoms with E-state index >= 15 is 0 Å². The van der Waals surface area contributed by atoms with Crippen LogP contribution < -0.4 is 0 Å². The van der Waals surface area contributed by atoms with Crippen LogP contribution in [0.3, 0.4) is 0 Å². The number of hydrogen-bond acceptors (Lipinski definition) is 1. The van der Waals surface area contributed by atoms with Gasteiger partial charge in [-0.05, 0) is 6.07 Å². The molecule has 1 aromatic heterocycles. The van der Waals surface area contributed by atoms with Crippen LogP contribution in [0.1, 0.15) is 0 Å². The van der Waals surface area contributed by atoms with E-state index in [1.165, 1.54) is 0 Å². The van der Waals surface area contributed by atoms with Crippen molar-refractivity contribution < 1.29 is 4.39 Å². The SMILES string of the molecule is FCCn1ncc2ccccc21. The second kappa shape index (κ2) is 2.93. The van der Waals surface area contributed by atoms with Crippen molar-refractivity contribution in [3.05, 3.63) is 30.5 Å². The maximum absolute atomic E-state index is 12.0. The Bertz CT molecular complexity index is 381. The zero-order valence-electron chi connectivity index (χ0n) is 6.57. The van der Waals surface area contributed by atoms with Crippen LogP contribution in [0.2, 0.25) is 0 Å². The third-order valence-electron chi connectivity index (χ3n) is 1.85. The molecule has 0 spiro atoms. The van der Waals surface area contributed by atoms with Crippen molar-refractivity contribution in [1.82, 2.24) is 9.78 Å². The van der Waals surface area contributed by atoms with Gasteiger partial charge < -0.3 is 0 Å². The number of halogens is 1. The first-order valence-corrected chi connectivity index (χ1v) is 3.88. The highest BCUT2D eigenvalue weighted by atomic mass is 19.1. The van der Waals surface area contributed by atoms with Crippen LogP contribution in [0.25, 0.3) is 10.9 Å². The van der Waals surface area contributed by atoms with Gasteiger partial charge in [-0.15, -0.1) is 0 Å². The predicted octanol–water partition coefficient (Wildman–Crippen LogP) is 2.01. The summed E-state index contributed by atoms with van der Waals surface area (Å²) in [6.07, 6.45) is 1.75. The van der Waals surface area contributed by atoms with Crippen molar-refractivity contribution in [1.29, 1.82) is 0 Å². The fourth-order valence-corrected chi connectivity index (χ4v) is 1.28. The zero-order valence-corrected chi connectivity index (χ0v) is 6.57. The normalized spacial score (nSPS) is 10.8. The standard InChI is InChI=1S/C9H9FN2/c10-5-6-12-9-4-2-1-3-8(9)7-11-12/h1-4,7H,5-6H2. The van der Waals surface area contributed by atoms with Crippen molar-refractivity contribution in [3.8, 4) is 0 Å². The quantitative estimate of drug-likeness (QED) is 0.663. The third-order valence-corrected chi connectivity index (χ3v) is 1.85. The number of nitrogens with zero attached hydrogens (tertiary/aromatic N) is 2. The van der Waals surface area contributed by atoms with Gasteiger partial charge in [0.1, 0.15) is 6.67 Å². The van der Waals surface area contributed by atoms with E-state index in [0.717, 1.165) is 10.9 Å². The minimum absolute atomic E-state index is 0.341. The van der Waals surface area contributed by atoms with E-state index in [4.69, 9.17) is 0 Å².